The van der Waals surface area contributed by atoms with E-state index in [9.17, 15) is 17.6 Å². The Kier molecular flexibility index (Phi) is 3.04. The second-order valence-corrected chi connectivity index (χ2v) is 3.35. The average molecular weight is 272 g/mol. The summed E-state index contributed by atoms with van der Waals surface area (Å²) in [6.45, 7) is 0. The van der Waals surface area contributed by atoms with Crippen molar-refractivity contribution in [1.82, 2.24) is 0 Å². The first-order valence-corrected chi connectivity index (χ1v) is 4.22. The summed E-state index contributed by atoms with van der Waals surface area (Å²) < 4.78 is 53.4. The summed E-state index contributed by atoms with van der Waals surface area (Å²) >= 11 is 1.54. The van der Waals surface area contributed by atoms with Crippen molar-refractivity contribution in [3.63, 3.8) is 0 Å². The molecule has 1 aromatic rings. The van der Waals surface area contributed by atoms with E-state index in [1.54, 1.807) is 0 Å². The van der Waals surface area contributed by atoms with Crippen molar-refractivity contribution in [2.24, 2.45) is 0 Å². The number of hydrogen-bond donors (Lipinski definition) is 0. The molecular formula is C8H4BrF4O. The Morgan fingerprint density at radius 2 is 1.93 bits per heavy atom. The fourth-order valence-corrected chi connectivity index (χ4v) is 0.727. The highest BCUT2D eigenvalue weighted by atomic mass is 79.9. The highest BCUT2D eigenvalue weighted by molar-refractivity contribution is 9.10. The third-order valence-corrected chi connectivity index (χ3v) is 1.72. The quantitative estimate of drug-likeness (QED) is 0.605. The zero-order valence-corrected chi connectivity index (χ0v) is 8.19. The van der Waals surface area contributed by atoms with E-state index < -0.39 is 10.9 Å². The van der Waals surface area contributed by atoms with Crippen LogP contribution in [0.4, 0.5) is 17.6 Å². The summed E-state index contributed by atoms with van der Waals surface area (Å²) in [4.78, 5) is -4.41. The van der Waals surface area contributed by atoms with E-state index in [4.69, 9.17) is 0 Å². The van der Waals surface area contributed by atoms with Crippen LogP contribution in [0.5, 0.6) is 5.75 Å². The summed E-state index contributed by atoms with van der Waals surface area (Å²) in [5.41, 5.74) is 0. The van der Waals surface area contributed by atoms with Crippen molar-refractivity contribution in [2.75, 3.05) is 0 Å². The van der Waals surface area contributed by atoms with Gasteiger partial charge in [0.1, 0.15) is 5.75 Å². The monoisotopic (exact) mass is 271 g/mol. The van der Waals surface area contributed by atoms with Crippen molar-refractivity contribution in [2.45, 2.75) is 10.9 Å². The summed E-state index contributed by atoms with van der Waals surface area (Å²) in [6, 6.07) is 7.35. The average Bonchev–Trinajstić information content (AvgIpc) is 2.03. The van der Waals surface area contributed by atoms with Crippen molar-refractivity contribution in [1.29, 1.82) is 0 Å². The molecule has 0 aromatic heterocycles. The SMILES string of the molecule is FC(F)(Br)C(F)(F)Oc1c[c]ccc1. The number of hydrogen-bond acceptors (Lipinski definition) is 1. The highest BCUT2D eigenvalue weighted by Gasteiger charge is 2.57. The van der Waals surface area contributed by atoms with Gasteiger partial charge >= 0.3 is 10.9 Å². The van der Waals surface area contributed by atoms with Crippen LogP contribution in [0.25, 0.3) is 0 Å². The van der Waals surface area contributed by atoms with Gasteiger partial charge in [0.2, 0.25) is 0 Å². The molecule has 0 bridgehead atoms. The molecule has 77 valence electrons. The molecule has 0 atom stereocenters. The van der Waals surface area contributed by atoms with E-state index in [1.165, 1.54) is 28.1 Å². The molecule has 1 aromatic carbocycles. The number of alkyl halides is 5. The van der Waals surface area contributed by atoms with Crippen LogP contribution in [0, 0.1) is 6.07 Å². The van der Waals surface area contributed by atoms with Gasteiger partial charge in [-0.15, -0.1) is 0 Å². The van der Waals surface area contributed by atoms with E-state index in [0.717, 1.165) is 12.1 Å². The number of ether oxygens (including phenoxy) is 1. The standard InChI is InChI=1S/C8H4BrF4O/c9-7(10,11)8(12,13)14-6-4-2-1-3-5-6/h1-2,4-5H. The van der Waals surface area contributed by atoms with Crippen LogP contribution < -0.4 is 4.74 Å². The van der Waals surface area contributed by atoms with Gasteiger partial charge < -0.3 is 4.74 Å². The Hall–Kier alpha value is -0.780. The lowest BCUT2D eigenvalue weighted by molar-refractivity contribution is -0.266. The normalized spacial score (nSPS) is 12.6. The van der Waals surface area contributed by atoms with Crippen LogP contribution in [0.2, 0.25) is 0 Å². The van der Waals surface area contributed by atoms with Gasteiger partial charge in [-0.05, 0) is 18.2 Å². The summed E-state index contributed by atoms with van der Waals surface area (Å²) in [5.74, 6) is -0.378. The molecule has 0 fully saturated rings. The van der Waals surface area contributed by atoms with Crippen LogP contribution in [0.15, 0.2) is 24.3 Å². The molecule has 0 unspecified atom stereocenters. The van der Waals surface area contributed by atoms with Crippen LogP contribution in [-0.2, 0) is 0 Å². The lowest BCUT2D eigenvalue weighted by Crippen LogP contribution is -2.40. The predicted octanol–water partition coefficient (Wildman–Crippen LogP) is 3.45. The molecule has 0 aliphatic rings. The molecule has 14 heavy (non-hydrogen) atoms. The van der Waals surface area contributed by atoms with Gasteiger partial charge in [-0.2, -0.15) is 17.6 Å². The fraction of sp³-hybridized carbons (Fsp3) is 0.250. The molecule has 1 nitrogen and oxygen atoms in total. The molecule has 0 spiro atoms. The van der Waals surface area contributed by atoms with Crippen LogP contribution in [0.1, 0.15) is 0 Å². The Balaban J connectivity index is 2.79. The maximum atomic E-state index is 12.6. The maximum Gasteiger partial charge on any atom is 0.475 e. The molecule has 6 heteroatoms. The number of halogens is 5. The molecular weight excluding hydrogens is 268 g/mol. The smallest absolute Gasteiger partial charge is 0.427 e. The van der Waals surface area contributed by atoms with Crippen LogP contribution in [-0.4, -0.2) is 10.9 Å². The van der Waals surface area contributed by atoms with Crippen molar-refractivity contribution in [3.8, 4) is 5.75 Å². The first kappa shape index (κ1) is 11.3. The molecule has 0 aliphatic carbocycles. The molecule has 0 saturated carbocycles. The molecule has 0 heterocycles. The van der Waals surface area contributed by atoms with Gasteiger partial charge in [0.25, 0.3) is 0 Å². The van der Waals surface area contributed by atoms with Crippen LogP contribution >= 0.6 is 15.9 Å². The zero-order chi connectivity index (χ0) is 10.8. The molecule has 0 amide bonds. The highest BCUT2D eigenvalue weighted by Crippen LogP contribution is 2.40. The molecule has 0 N–H and O–H groups in total. The lowest BCUT2D eigenvalue weighted by atomic mass is 10.3. The maximum absolute atomic E-state index is 12.6. The molecule has 0 saturated heterocycles. The van der Waals surface area contributed by atoms with Crippen molar-refractivity contribution >= 4 is 15.9 Å². The fourth-order valence-electron chi connectivity index (χ4n) is 0.646. The third kappa shape index (κ3) is 2.60. The van der Waals surface area contributed by atoms with Gasteiger partial charge in [0.05, 0.1) is 0 Å². The van der Waals surface area contributed by atoms with E-state index >= 15 is 0 Å². The molecule has 1 rings (SSSR count). The number of benzene rings is 1. The second kappa shape index (κ2) is 3.76. The summed E-state index contributed by atoms with van der Waals surface area (Å²) in [7, 11) is 0. The molecule has 0 aliphatic heterocycles. The van der Waals surface area contributed by atoms with Crippen molar-refractivity contribution < 1.29 is 22.3 Å². The van der Waals surface area contributed by atoms with E-state index in [0.29, 0.717) is 0 Å². The van der Waals surface area contributed by atoms with E-state index in [1.807, 2.05) is 0 Å². The van der Waals surface area contributed by atoms with Gasteiger partial charge in [-0.3, -0.25) is 0 Å². The second-order valence-electron chi connectivity index (χ2n) is 2.36. The number of rotatable bonds is 3. The van der Waals surface area contributed by atoms with Gasteiger partial charge in [-0.1, -0.05) is 12.1 Å². The first-order valence-electron chi connectivity index (χ1n) is 3.42. The summed E-state index contributed by atoms with van der Waals surface area (Å²) in [6.07, 6.45) is -4.60. The first-order chi connectivity index (χ1) is 6.33. The van der Waals surface area contributed by atoms with Gasteiger partial charge in [0, 0.05) is 15.9 Å². The molecule has 1 radical (unpaired) electrons. The Morgan fingerprint density at radius 3 is 2.36 bits per heavy atom. The Morgan fingerprint density at radius 1 is 1.29 bits per heavy atom. The Bertz CT molecular complexity index is 296. The van der Waals surface area contributed by atoms with E-state index in [-0.39, 0.29) is 5.75 Å². The van der Waals surface area contributed by atoms with Crippen LogP contribution in [0.3, 0.4) is 0 Å². The van der Waals surface area contributed by atoms with Crippen molar-refractivity contribution in [3.05, 3.63) is 30.3 Å². The minimum Gasteiger partial charge on any atom is -0.427 e. The van der Waals surface area contributed by atoms with Gasteiger partial charge in [0.15, 0.2) is 0 Å². The largest absolute Gasteiger partial charge is 0.475 e. The third-order valence-electron chi connectivity index (χ3n) is 1.25. The Labute approximate surface area is 85.8 Å². The summed E-state index contributed by atoms with van der Waals surface area (Å²) in [5, 5.41) is 0. The van der Waals surface area contributed by atoms with E-state index in [2.05, 4.69) is 10.8 Å². The topological polar surface area (TPSA) is 9.23 Å². The van der Waals surface area contributed by atoms with Gasteiger partial charge in [-0.25, -0.2) is 0 Å². The lowest BCUT2D eigenvalue weighted by Gasteiger charge is -2.21. The minimum absolute atomic E-state index is 0.378. The predicted molar refractivity (Wildman–Crippen MR) is 44.7 cm³/mol. The zero-order valence-electron chi connectivity index (χ0n) is 6.61. The minimum atomic E-state index is -4.60.